The highest BCUT2D eigenvalue weighted by molar-refractivity contribution is 5.95. The number of carbonyl (C=O) groups excluding carboxylic acids is 1. The summed E-state index contributed by atoms with van der Waals surface area (Å²) in [6, 6.07) is 9.53. The summed E-state index contributed by atoms with van der Waals surface area (Å²) in [5.41, 5.74) is -0.187. The van der Waals surface area contributed by atoms with Crippen LogP contribution in [0.25, 0.3) is 0 Å². The second kappa shape index (κ2) is 7.78. The normalized spacial score (nSPS) is 10.9. The molecule has 0 unspecified atom stereocenters. The first-order valence-corrected chi connectivity index (χ1v) is 7.26. The number of hydrogen-bond acceptors (Lipinski definition) is 4. The second-order valence-electron chi connectivity index (χ2n) is 5.05. The number of rotatable bonds is 6. The van der Waals surface area contributed by atoms with Crippen molar-refractivity contribution < 1.29 is 27.4 Å². The molecule has 2 N–H and O–H groups in total. The lowest BCUT2D eigenvalue weighted by Gasteiger charge is -2.13. The lowest BCUT2D eigenvalue weighted by atomic mass is 10.2. The lowest BCUT2D eigenvalue weighted by molar-refractivity contribution is -0.137. The third kappa shape index (κ3) is 5.03. The van der Waals surface area contributed by atoms with Gasteiger partial charge in [-0.05, 0) is 30.3 Å². The minimum atomic E-state index is -4.44. The van der Waals surface area contributed by atoms with Gasteiger partial charge in [-0.25, -0.2) is 0 Å². The summed E-state index contributed by atoms with van der Waals surface area (Å²) in [4.78, 5) is 12.0. The smallest absolute Gasteiger partial charge is 0.416 e. The highest BCUT2D eigenvalue weighted by Crippen LogP contribution is 2.31. The number of ether oxygens (including phenoxy) is 2. The molecule has 0 aliphatic heterocycles. The van der Waals surface area contributed by atoms with E-state index in [-0.39, 0.29) is 12.2 Å². The van der Waals surface area contributed by atoms with Gasteiger partial charge in [0.1, 0.15) is 11.5 Å². The summed E-state index contributed by atoms with van der Waals surface area (Å²) in [6.45, 7) is -0.207. The number of carbonyl (C=O) groups is 1. The van der Waals surface area contributed by atoms with Crippen LogP contribution < -0.4 is 20.1 Å². The largest absolute Gasteiger partial charge is 0.497 e. The van der Waals surface area contributed by atoms with E-state index in [9.17, 15) is 18.0 Å². The van der Waals surface area contributed by atoms with Crippen LogP contribution in [-0.4, -0.2) is 26.7 Å². The number of alkyl halides is 3. The summed E-state index contributed by atoms with van der Waals surface area (Å²) in [5, 5.41) is 5.28. The van der Waals surface area contributed by atoms with Gasteiger partial charge in [0.25, 0.3) is 0 Å². The van der Waals surface area contributed by atoms with Crippen LogP contribution in [0.5, 0.6) is 11.5 Å². The zero-order valence-electron chi connectivity index (χ0n) is 13.6. The van der Waals surface area contributed by atoms with E-state index in [4.69, 9.17) is 9.47 Å². The first-order chi connectivity index (χ1) is 11.8. The molecule has 25 heavy (non-hydrogen) atoms. The van der Waals surface area contributed by atoms with Crippen molar-refractivity contribution in [3.8, 4) is 11.5 Å². The molecule has 2 rings (SSSR count). The van der Waals surface area contributed by atoms with Gasteiger partial charge in [-0.3, -0.25) is 4.79 Å². The predicted octanol–water partition coefficient (Wildman–Crippen LogP) is 3.77. The van der Waals surface area contributed by atoms with Crippen molar-refractivity contribution >= 4 is 17.3 Å². The summed E-state index contributed by atoms with van der Waals surface area (Å²) in [5.74, 6) is 0.527. The van der Waals surface area contributed by atoms with Crippen LogP contribution in [0, 0.1) is 0 Å². The molecule has 2 aromatic rings. The van der Waals surface area contributed by atoms with Crippen molar-refractivity contribution in [1.82, 2.24) is 0 Å². The van der Waals surface area contributed by atoms with Crippen molar-refractivity contribution in [2.45, 2.75) is 6.18 Å². The number of halogens is 3. The molecule has 5 nitrogen and oxygen atoms in total. The Morgan fingerprint density at radius 3 is 2.48 bits per heavy atom. The van der Waals surface area contributed by atoms with Crippen molar-refractivity contribution in [3.63, 3.8) is 0 Å². The van der Waals surface area contributed by atoms with E-state index < -0.39 is 17.6 Å². The first kappa shape index (κ1) is 18.4. The van der Waals surface area contributed by atoms with Gasteiger partial charge in [0.05, 0.1) is 32.0 Å². The zero-order chi connectivity index (χ0) is 18.4. The Balaban J connectivity index is 2.02. The third-order valence-electron chi connectivity index (χ3n) is 3.32. The predicted molar refractivity (Wildman–Crippen MR) is 88.1 cm³/mol. The van der Waals surface area contributed by atoms with Gasteiger partial charge < -0.3 is 20.1 Å². The fourth-order valence-electron chi connectivity index (χ4n) is 2.09. The van der Waals surface area contributed by atoms with E-state index in [1.807, 2.05) is 0 Å². The highest BCUT2D eigenvalue weighted by atomic mass is 19.4. The van der Waals surface area contributed by atoms with Crippen LogP contribution in [0.3, 0.4) is 0 Å². The van der Waals surface area contributed by atoms with E-state index in [0.29, 0.717) is 17.2 Å². The quantitative estimate of drug-likeness (QED) is 0.829. The standard InChI is InChI=1S/C17H17F3N2O3/c1-24-13-6-7-15(25-2)14(9-13)22-16(23)10-21-12-5-3-4-11(8-12)17(18,19)20/h3-9,21H,10H2,1-2H3,(H,22,23). The molecular weight excluding hydrogens is 337 g/mol. The maximum Gasteiger partial charge on any atom is 0.416 e. The number of amides is 1. The molecule has 0 heterocycles. The Bertz CT molecular complexity index is 748. The van der Waals surface area contributed by atoms with E-state index in [1.54, 1.807) is 18.2 Å². The Morgan fingerprint density at radius 1 is 1.08 bits per heavy atom. The Hall–Kier alpha value is -2.90. The van der Waals surface area contributed by atoms with E-state index in [2.05, 4.69) is 10.6 Å². The van der Waals surface area contributed by atoms with Crippen LogP contribution in [0.2, 0.25) is 0 Å². The van der Waals surface area contributed by atoms with E-state index in [0.717, 1.165) is 12.1 Å². The first-order valence-electron chi connectivity index (χ1n) is 7.26. The van der Waals surface area contributed by atoms with Gasteiger partial charge in [-0.15, -0.1) is 0 Å². The van der Waals surface area contributed by atoms with Crippen LogP contribution in [0.15, 0.2) is 42.5 Å². The van der Waals surface area contributed by atoms with Gasteiger partial charge in [0.15, 0.2) is 0 Å². The molecule has 0 saturated heterocycles. The number of hydrogen-bond donors (Lipinski definition) is 2. The summed E-state index contributed by atoms with van der Waals surface area (Å²) >= 11 is 0. The maximum atomic E-state index is 12.7. The number of nitrogens with one attached hydrogen (secondary N) is 2. The Kier molecular flexibility index (Phi) is 5.74. The van der Waals surface area contributed by atoms with Crippen molar-refractivity contribution in [1.29, 1.82) is 0 Å². The lowest BCUT2D eigenvalue weighted by Crippen LogP contribution is -2.22. The average Bonchev–Trinajstić information content (AvgIpc) is 2.59. The molecule has 0 saturated carbocycles. The Labute approximate surface area is 142 Å². The van der Waals surface area contributed by atoms with Crippen LogP contribution in [0.1, 0.15) is 5.56 Å². The van der Waals surface area contributed by atoms with Gasteiger partial charge >= 0.3 is 6.18 Å². The maximum absolute atomic E-state index is 12.7. The average molecular weight is 354 g/mol. The fourth-order valence-corrected chi connectivity index (χ4v) is 2.09. The van der Waals surface area contributed by atoms with Crippen LogP contribution in [0.4, 0.5) is 24.5 Å². The molecular formula is C17H17F3N2O3. The van der Waals surface area contributed by atoms with Crippen molar-refractivity contribution in [2.24, 2.45) is 0 Å². The number of benzene rings is 2. The topological polar surface area (TPSA) is 59.6 Å². The molecule has 0 bridgehead atoms. The minimum Gasteiger partial charge on any atom is -0.497 e. The van der Waals surface area contributed by atoms with Crippen LogP contribution in [-0.2, 0) is 11.0 Å². The van der Waals surface area contributed by atoms with Gasteiger partial charge in [-0.1, -0.05) is 6.07 Å². The SMILES string of the molecule is COc1ccc(OC)c(NC(=O)CNc2cccc(C(F)(F)F)c2)c1. The van der Waals surface area contributed by atoms with Gasteiger partial charge in [0.2, 0.25) is 5.91 Å². The molecule has 0 fully saturated rings. The fraction of sp³-hybridized carbons (Fsp3) is 0.235. The highest BCUT2D eigenvalue weighted by Gasteiger charge is 2.30. The molecule has 0 aliphatic rings. The molecule has 134 valence electrons. The second-order valence-corrected chi connectivity index (χ2v) is 5.05. The van der Waals surface area contributed by atoms with Crippen molar-refractivity contribution in [2.75, 3.05) is 31.4 Å². The molecule has 0 radical (unpaired) electrons. The number of anilines is 2. The summed E-state index contributed by atoms with van der Waals surface area (Å²) in [6.07, 6.45) is -4.44. The zero-order valence-corrected chi connectivity index (χ0v) is 13.6. The molecule has 2 aromatic carbocycles. The monoisotopic (exact) mass is 354 g/mol. The summed E-state index contributed by atoms with van der Waals surface area (Å²) < 4.78 is 48.3. The Morgan fingerprint density at radius 2 is 1.84 bits per heavy atom. The molecule has 1 amide bonds. The number of methoxy groups -OCH3 is 2. The third-order valence-corrected chi connectivity index (χ3v) is 3.32. The molecule has 0 aromatic heterocycles. The minimum absolute atomic E-state index is 0.197. The molecule has 0 atom stereocenters. The van der Waals surface area contributed by atoms with Gasteiger partial charge in [-0.2, -0.15) is 13.2 Å². The molecule has 0 aliphatic carbocycles. The van der Waals surface area contributed by atoms with E-state index in [1.165, 1.54) is 26.4 Å². The van der Waals surface area contributed by atoms with Crippen LogP contribution >= 0.6 is 0 Å². The van der Waals surface area contributed by atoms with E-state index >= 15 is 0 Å². The molecule has 0 spiro atoms. The van der Waals surface area contributed by atoms with Crippen molar-refractivity contribution in [3.05, 3.63) is 48.0 Å². The summed E-state index contributed by atoms with van der Waals surface area (Å²) in [7, 11) is 2.95. The molecule has 8 heteroatoms. The van der Waals surface area contributed by atoms with Gasteiger partial charge in [0, 0.05) is 11.8 Å².